The Morgan fingerprint density at radius 3 is 2.56 bits per heavy atom. The second-order valence-electron chi connectivity index (χ2n) is 5.13. The Morgan fingerprint density at radius 1 is 1.17 bits per heavy atom. The molecule has 2 rings (SSSR count). The van der Waals surface area contributed by atoms with E-state index in [4.69, 9.17) is 0 Å². The van der Waals surface area contributed by atoms with Gasteiger partial charge in [0, 0.05) is 24.1 Å². The average molecular weight is 243 g/mol. The number of nitrogens with zero attached hydrogens (tertiary/aromatic N) is 2. The van der Waals surface area contributed by atoms with Crippen molar-refractivity contribution >= 4 is 11.6 Å². The highest BCUT2D eigenvalue weighted by molar-refractivity contribution is 5.53. The standard InChI is InChI=1S/C15H21N3/c1-12(2)11-13(3)18-10-9-16-15(18)17-14-7-5-4-6-8-14/h4-10,12-13H,11H2,1-3H3,(H,16,17). The summed E-state index contributed by atoms with van der Waals surface area (Å²) >= 11 is 0. The minimum atomic E-state index is 0.457. The molecule has 1 unspecified atom stereocenters. The first-order valence-corrected chi connectivity index (χ1v) is 6.51. The van der Waals surface area contributed by atoms with Crippen LogP contribution >= 0.6 is 0 Å². The zero-order valence-electron chi connectivity index (χ0n) is 11.3. The number of hydrogen-bond acceptors (Lipinski definition) is 2. The van der Waals surface area contributed by atoms with Gasteiger partial charge in [-0.2, -0.15) is 0 Å². The van der Waals surface area contributed by atoms with Crippen LogP contribution in [0.25, 0.3) is 0 Å². The van der Waals surface area contributed by atoms with Crippen molar-refractivity contribution in [1.82, 2.24) is 9.55 Å². The molecule has 0 amide bonds. The first-order chi connectivity index (χ1) is 8.66. The third kappa shape index (κ3) is 3.13. The van der Waals surface area contributed by atoms with Crippen molar-refractivity contribution in [2.75, 3.05) is 5.32 Å². The van der Waals surface area contributed by atoms with Gasteiger partial charge in [0.15, 0.2) is 0 Å². The highest BCUT2D eigenvalue weighted by Gasteiger charge is 2.11. The topological polar surface area (TPSA) is 29.9 Å². The van der Waals surface area contributed by atoms with Crippen LogP contribution in [0.15, 0.2) is 42.7 Å². The van der Waals surface area contributed by atoms with E-state index >= 15 is 0 Å². The Bertz CT molecular complexity index is 473. The normalized spacial score (nSPS) is 12.7. The molecule has 0 saturated carbocycles. The molecule has 3 nitrogen and oxygen atoms in total. The largest absolute Gasteiger partial charge is 0.326 e. The van der Waals surface area contributed by atoms with Crippen molar-refractivity contribution in [2.45, 2.75) is 33.2 Å². The smallest absolute Gasteiger partial charge is 0.207 e. The Balaban J connectivity index is 2.13. The van der Waals surface area contributed by atoms with E-state index in [0.717, 1.165) is 18.1 Å². The number of hydrogen-bond donors (Lipinski definition) is 1. The van der Waals surface area contributed by atoms with Crippen LogP contribution in [0, 0.1) is 5.92 Å². The maximum absolute atomic E-state index is 4.39. The molecule has 0 saturated heterocycles. The molecule has 0 spiro atoms. The summed E-state index contributed by atoms with van der Waals surface area (Å²) < 4.78 is 2.20. The van der Waals surface area contributed by atoms with Crippen LogP contribution < -0.4 is 5.32 Å². The van der Waals surface area contributed by atoms with Crippen LogP contribution in [-0.2, 0) is 0 Å². The van der Waals surface area contributed by atoms with Crippen LogP contribution in [0.1, 0.15) is 33.2 Å². The predicted molar refractivity (Wildman–Crippen MR) is 76.1 cm³/mol. The van der Waals surface area contributed by atoms with Gasteiger partial charge in [-0.15, -0.1) is 0 Å². The van der Waals surface area contributed by atoms with Crippen molar-refractivity contribution in [3.8, 4) is 0 Å². The summed E-state index contributed by atoms with van der Waals surface area (Å²) in [5.74, 6) is 1.60. The Morgan fingerprint density at radius 2 is 1.89 bits per heavy atom. The van der Waals surface area contributed by atoms with E-state index in [9.17, 15) is 0 Å². The fourth-order valence-corrected chi connectivity index (χ4v) is 2.21. The van der Waals surface area contributed by atoms with Crippen molar-refractivity contribution in [3.05, 3.63) is 42.7 Å². The summed E-state index contributed by atoms with van der Waals surface area (Å²) in [7, 11) is 0. The monoisotopic (exact) mass is 243 g/mol. The average Bonchev–Trinajstić information content (AvgIpc) is 2.77. The van der Waals surface area contributed by atoms with E-state index in [1.807, 2.05) is 42.7 Å². The molecule has 0 aliphatic heterocycles. The number of aromatic nitrogens is 2. The van der Waals surface area contributed by atoms with Gasteiger partial charge in [-0.05, 0) is 31.4 Å². The molecule has 96 valence electrons. The number of para-hydroxylation sites is 1. The maximum Gasteiger partial charge on any atom is 0.207 e. The quantitative estimate of drug-likeness (QED) is 0.851. The van der Waals surface area contributed by atoms with Crippen molar-refractivity contribution < 1.29 is 0 Å². The molecular formula is C15H21N3. The van der Waals surface area contributed by atoms with Crippen molar-refractivity contribution in [2.24, 2.45) is 5.92 Å². The molecule has 0 radical (unpaired) electrons. The number of rotatable bonds is 5. The van der Waals surface area contributed by atoms with E-state index in [-0.39, 0.29) is 0 Å². The number of nitrogens with one attached hydrogen (secondary N) is 1. The van der Waals surface area contributed by atoms with E-state index in [2.05, 4.69) is 35.6 Å². The van der Waals surface area contributed by atoms with Gasteiger partial charge in [0.05, 0.1) is 0 Å². The summed E-state index contributed by atoms with van der Waals surface area (Å²) in [5, 5.41) is 3.36. The molecule has 1 aromatic heterocycles. The lowest BCUT2D eigenvalue weighted by Gasteiger charge is -2.18. The molecule has 0 aliphatic rings. The van der Waals surface area contributed by atoms with E-state index in [1.165, 1.54) is 0 Å². The van der Waals surface area contributed by atoms with Gasteiger partial charge in [0.25, 0.3) is 0 Å². The summed E-state index contributed by atoms with van der Waals surface area (Å²) in [6.07, 6.45) is 5.04. The Hall–Kier alpha value is -1.77. The first-order valence-electron chi connectivity index (χ1n) is 6.51. The van der Waals surface area contributed by atoms with Crippen LogP contribution in [0.4, 0.5) is 11.6 Å². The van der Waals surface area contributed by atoms with Crippen molar-refractivity contribution in [1.29, 1.82) is 0 Å². The Kier molecular flexibility index (Phi) is 4.03. The molecular weight excluding hydrogens is 222 g/mol. The second-order valence-corrected chi connectivity index (χ2v) is 5.13. The molecule has 0 bridgehead atoms. The van der Waals surface area contributed by atoms with E-state index in [0.29, 0.717) is 12.0 Å². The molecule has 0 fully saturated rings. The van der Waals surface area contributed by atoms with E-state index < -0.39 is 0 Å². The van der Waals surface area contributed by atoms with Crippen LogP contribution in [0.3, 0.4) is 0 Å². The SMILES string of the molecule is CC(C)CC(C)n1ccnc1Nc1ccccc1. The van der Waals surface area contributed by atoms with Crippen LogP contribution in [-0.4, -0.2) is 9.55 Å². The van der Waals surface area contributed by atoms with Gasteiger partial charge >= 0.3 is 0 Å². The first kappa shape index (κ1) is 12.7. The Labute approximate surface area is 109 Å². The lowest BCUT2D eigenvalue weighted by atomic mass is 10.1. The van der Waals surface area contributed by atoms with Gasteiger partial charge in [0.2, 0.25) is 5.95 Å². The minimum Gasteiger partial charge on any atom is -0.326 e. The lowest BCUT2D eigenvalue weighted by Crippen LogP contribution is -2.10. The number of imidazole rings is 1. The molecule has 1 N–H and O–H groups in total. The zero-order valence-corrected chi connectivity index (χ0v) is 11.3. The molecule has 18 heavy (non-hydrogen) atoms. The van der Waals surface area contributed by atoms with Gasteiger partial charge in [-0.3, -0.25) is 0 Å². The number of benzene rings is 1. The minimum absolute atomic E-state index is 0.457. The third-order valence-corrected chi connectivity index (χ3v) is 2.99. The summed E-state index contributed by atoms with van der Waals surface area (Å²) in [5.41, 5.74) is 1.07. The van der Waals surface area contributed by atoms with Gasteiger partial charge in [-0.25, -0.2) is 4.98 Å². The summed E-state index contributed by atoms with van der Waals surface area (Å²) in [4.78, 5) is 4.39. The van der Waals surface area contributed by atoms with Gasteiger partial charge in [0.1, 0.15) is 0 Å². The fourth-order valence-electron chi connectivity index (χ4n) is 2.21. The number of anilines is 2. The molecule has 1 heterocycles. The molecule has 1 atom stereocenters. The van der Waals surface area contributed by atoms with Crippen LogP contribution in [0.2, 0.25) is 0 Å². The van der Waals surface area contributed by atoms with E-state index in [1.54, 1.807) is 0 Å². The zero-order chi connectivity index (χ0) is 13.0. The van der Waals surface area contributed by atoms with Gasteiger partial charge in [-0.1, -0.05) is 32.0 Å². The lowest BCUT2D eigenvalue weighted by molar-refractivity contribution is 0.431. The predicted octanol–water partition coefficient (Wildman–Crippen LogP) is 4.23. The summed E-state index contributed by atoms with van der Waals surface area (Å²) in [6.45, 7) is 6.73. The third-order valence-electron chi connectivity index (χ3n) is 2.99. The van der Waals surface area contributed by atoms with Gasteiger partial charge < -0.3 is 9.88 Å². The highest BCUT2D eigenvalue weighted by Crippen LogP contribution is 2.22. The summed E-state index contributed by atoms with van der Waals surface area (Å²) in [6, 6.07) is 10.6. The van der Waals surface area contributed by atoms with Crippen molar-refractivity contribution in [3.63, 3.8) is 0 Å². The molecule has 0 aliphatic carbocycles. The fraction of sp³-hybridized carbons (Fsp3) is 0.400. The maximum atomic E-state index is 4.39. The molecule has 2 aromatic rings. The molecule has 3 heteroatoms. The highest BCUT2D eigenvalue weighted by atomic mass is 15.2. The van der Waals surface area contributed by atoms with Crippen LogP contribution in [0.5, 0.6) is 0 Å². The second kappa shape index (κ2) is 5.71. The molecule has 1 aromatic carbocycles.